The summed E-state index contributed by atoms with van der Waals surface area (Å²) in [6.45, 7) is 11.4. The third-order valence-electron chi connectivity index (χ3n) is 6.27. The Labute approximate surface area is 205 Å². The van der Waals surface area contributed by atoms with Crippen LogP contribution in [0, 0.1) is 32.1 Å². The highest BCUT2D eigenvalue weighted by Crippen LogP contribution is 2.34. The fourth-order valence-corrected chi connectivity index (χ4v) is 4.68. The molecule has 0 unspecified atom stereocenters. The molecule has 176 valence electrons. The first kappa shape index (κ1) is 23.9. The maximum absolute atomic E-state index is 13.4. The van der Waals surface area contributed by atoms with Crippen LogP contribution in [0.25, 0.3) is 23.0 Å². The molecule has 0 N–H and O–H groups in total. The van der Waals surface area contributed by atoms with Crippen LogP contribution >= 0.6 is 0 Å². The van der Waals surface area contributed by atoms with E-state index in [-0.39, 0.29) is 11.6 Å². The summed E-state index contributed by atoms with van der Waals surface area (Å²) >= 11 is 0. The van der Waals surface area contributed by atoms with Crippen LogP contribution in [0.3, 0.4) is 0 Å². The Hall–Kier alpha value is -4.24. The van der Waals surface area contributed by atoms with Crippen LogP contribution in [0.15, 0.2) is 65.4 Å². The number of para-hydroxylation sites is 1. The molecular weight excluding hydrogens is 436 g/mol. The van der Waals surface area contributed by atoms with Crippen molar-refractivity contribution in [3.8, 4) is 23.0 Å². The number of carbonyl (C=O) groups is 2. The van der Waals surface area contributed by atoms with Crippen LogP contribution < -0.4 is 0 Å². The lowest BCUT2D eigenvalue weighted by atomic mass is 9.91. The molecule has 2 amide bonds. The van der Waals surface area contributed by atoms with Gasteiger partial charge in [0.1, 0.15) is 17.3 Å². The quantitative estimate of drug-likeness (QED) is 0.379. The molecule has 0 fully saturated rings. The van der Waals surface area contributed by atoms with Gasteiger partial charge in [0.25, 0.3) is 11.8 Å². The summed E-state index contributed by atoms with van der Waals surface area (Å²) in [6.07, 6.45) is 3.65. The molecule has 6 heteroatoms. The van der Waals surface area contributed by atoms with Gasteiger partial charge >= 0.3 is 0 Å². The highest BCUT2D eigenvalue weighted by atomic mass is 16.2. The van der Waals surface area contributed by atoms with Crippen molar-refractivity contribution in [3.63, 3.8) is 0 Å². The number of hydrogen-bond donors (Lipinski definition) is 0. The Bertz CT molecular complexity index is 1430. The predicted molar refractivity (Wildman–Crippen MR) is 136 cm³/mol. The molecule has 0 radical (unpaired) electrons. The van der Waals surface area contributed by atoms with Gasteiger partial charge < -0.3 is 0 Å². The smallest absolute Gasteiger partial charge is 0.271 e. The largest absolute Gasteiger partial charge is 0.271 e. The fourth-order valence-electron chi connectivity index (χ4n) is 4.68. The molecule has 1 aromatic heterocycles. The zero-order valence-corrected chi connectivity index (χ0v) is 20.9. The van der Waals surface area contributed by atoms with E-state index in [9.17, 15) is 14.9 Å². The lowest BCUT2D eigenvalue weighted by molar-refractivity contribution is -0.142. The Morgan fingerprint density at radius 3 is 2.17 bits per heavy atom. The topological polar surface area (TPSA) is 79.0 Å². The van der Waals surface area contributed by atoms with Gasteiger partial charge in [-0.05, 0) is 76.5 Å². The lowest BCUT2D eigenvalue weighted by Gasteiger charge is -2.30. The second-order valence-corrected chi connectivity index (χ2v) is 9.23. The number of aryl methyl sites for hydroxylation is 3. The van der Waals surface area contributed by atoms with Crippen LogP contribution in [-0.2, 0) is 9.59 Å². The summed E-state index contributed by atoms with van der Waals surface area (Å²) in [6, 6.07) is 15.6. The molecule has 2 aromatic carbocycles. The second kappa shape index (κ2) is 9.19. The van der Waals surface area contributed by atoms with E-state index in [0.29, 0.717) is 11.1 Å². The number of imide groups is 1. The van der Waals surface area contributed by atoms with Gasteiger partial charge in [0.2, 0.25) is 0 Å². The molecule has 4 rings (SSSR count). The average molecular weight is 465 g/mol. The van der Waals surface area contributed by atoms with Crippen molar-refractivity contribution < 1.29 is 9.59 Å². The number of amides is 2. The van der Waals surface area contributed by atoms with Gasteiger partial charge in [-0.2, -0.15) is 10.4 Å². The third-order valence-corrected chi connectivity index (χ3v) is 6.27. The fraction of sp³-hybridized carbons (Fsp3) is 0.241. The van der Waals surface area contributed by atoms with Crippen LogP contribution in [0.1, 0.15) is 43.0 Å². The Balaban J connectivity index is 2.00. The van der Waals surface area contributed by atoms with Gasteiger partial charge in [0.15, 0.2) is 0 Å². The van der Waals surface area contributed by atoms with Gasteiger partial charge in [-0.15, -0.1) is 0 Å². The van der Waals surface area contributed by atoms with Crippen molar-refractivity contribution >= 4 is 17.9 Å². The number of carbonyl (C=O) groups excluding carboxylic acids is 2. The molecule has 3 aromatic rings. The number of benzene rings is 2. The number of nitrogens with zero attached hydrogens (tertiary/aromatic N) is 4. The molecule has 1 aliphatic heterocycles. The molecule has 0 aliphatic carbocycles. The van der Waals surface area contributed by atoms with E-state index in [1.165, 1.54) is 0 Å². The number of hydrogen-bond acceptors (Lipinski definition) is 4. The molecule has 0 atom stereocenters. The van der Waals surface area contributed by atoms with Crippen molar-refractivity contribution in [1.29, 1.82) is 5.26 Å². The first-order chi connectivity index (χ1) is 16.6. The molecule has 35 heavy (non-hydrogen) atoms. The van der Waals surface area contributed by atoms with Gasteiger partial charge in [-0.25, -0.2) is 4.68 Å². The third kappa shape index (κ3) is 4.22. The molecule has 6 nitrogen and oxygen atoms in total. The zero-order chi connectivity index (χ0) is 25.4. The highest BCUT2D eigenvalue weighted by Gasteiger charge is 2.37. The number of rotatable bonds is 4. The van der Waals surface area contributed by atoms with E-state index in [1.807, 2.05) is 42.6 Å². The molecule has 0 saturated heterocycles. The average Bonchev–Trinajstić information content (AvgIpc) is 3.20. The first-order valence-corrected chi connectivity index (χ1v) is 11.6. The summed E-state index contributed by atoms with van der Waals surface area (Å²) in [5.41, 5.74) is 7.39. The zero-order valence-electron chi connectivity index (χ0n) is 20.9. The summed E-state index contributed by atoms with van der Waals surface area (Å²) in [5, 5.41) is 14.6. The summed E-state index contributed by atoms with van der Waals surface area (Å²) in [5.74, 6) is -0.954. The normalized spacial score (nSPS) is 15.4. The van der Waals surface area contributed by atoms with Crippen molar-refractivity contribution in [3.05, 3.63) is 87.6 Å². The van der Waals surface area contributed by atoms with E-state index in [2.05, 4.69) is 32.9 Å². The van der Waals surface area contributed by atoms with Gasteiger partial charge in [0, 0.05) is 28.9 Å². The molecule has 1 aliphatic rings. The monoisotopic (exact) mass is 464 g/mol. The van der Waals surface area contributed by atoms with Gasteiger partial charge in [0.05, 0.1) is 5.69 Å². The summed E-state index contributed by atoms with van der Waals surface area (Å²) in [4.78, 5) is 27.4. The first-order valence-electron chi connectivity index (χ1n) is 11.6. The minimum absolute atomic E-state index is 0.00996. The van der Waals surface area contributed by atoms with Crippen LogP contribution in [-0.4, -0.2) is 32.5 Å². The summed E-state index contributed by atoms with van der Waals surface area (Å²) < 4.78 is 1.80. The number of nitriles is 1. The molecule has 0 saturated carbocycles. The van der Waals surface area contributed by atoms with E-state index in [1.54, 1.807) is 31.5 Å². The maximum Gasteiger partial charge on any atom is 0.271 e. The van der Waals surface area contributed by atoms with Gasteiger partial charge in [-0.1, -0.05) is 35.9 Å². The molecule has 2 heterocycles. The standard InChI is InChI=1S/C29H28N4O2/c1-17(2)33-28(34)24(21(6)25(15-30)29(33)35)14-22-16-32(23-10-8-7-9-11-23)31-27(22)26-19(4)12-18(3)13-20(26)5/h7-14,16-17H,1-6H3/b24-14+. The Kier molecular flexibility index (Phi) is 6.27. The predicted octanol–water partition coefficient (Wildman–Crippen LogP) is 5.47. The number of aromatic nitrogens is 2. The van der Waals surface area contributed by atoms with Crippen molar-refractivity contribution in [1.82, 2.24) is 14.7 Å². The van der Waals surface area contributed by atoms with Crippen LogP contribution in [0.2, 0.25) is 0 Å². The SMILES string of the molecule is CC1=C(C#N)C(=O)N(C(C)C)C(=O)/C1=C/c1cn(-c2ccccc2)nc1-c1c(C)cc(C)cc1C. The van der Waals surface area contributed by atoms with Crippen molar-refractivity contribution in [2.45, 2.75) is 47.6 Å². The Morgan fingerprint density at radius 2 is 1.60 bits per heavy atom. The lowest BCUT2D eigenvalue weighted by Crippen LogP contribution is -2.46. The second-order valence-electron chi connectivity index (χ2n) is 9.23. The van der Waals surface area contributed by atoms with E-state index in [4.69, 9.17) is 5.10 Å². The van der Waals surface area contributed by atoms with Crippen molar-refractivity contribution in [2.24, 2.45) is 0 Å². The van der Waals surface area contributed by atoms with E-state index < -0.39 is 11.8 Å². The minimum Gasteiger partial charge on any atom is -0.271 e. The van der Waals surface area contributed by atoms with Crippen LogP contribution in [0.5, 0.6) is 0 Å². The van der Waals surface area contributed by atoms with Gasteiger partial charge in [-0.3, -0.25) is 14.5 Å². The van der Waals surface area contributed by atoms with Crippen LogP contribution in [0.4, 0.5) is 0 Å². The molecule has 0 spiro atoms. The summed E-state index contributed by atoms with van der Waals surface area (Å²) in [7, 11) is 0. The Morgan fingerprint density at radius 1 is 0.971 bits per heavy atom. The highest BCUT2D eigenvalue weighted by molar-refractivity contribution is 6.20. The maximum atomic E-state index is 13.4. The van der Waals surface area contributed by atoms with E-state index in [0.717, 1.165) is 44.1 Å². The minimum atomic E-state index is -0.549. The van der Waals surface area contributed by atoms with E-state index >= 15 is 0 Å². The molecule has 0 bridgehead atoms. The molecular formula is C29H28N4O2. The van der Waals surface area contributed by atoms with Crippen molar-refractivity contribution in [2.75, 3.05) is 0 Å².